The van der Waals surface area contributed by atoms with E-state index < -0.39 is 0 Å². The lowest BCUT2D eigenvalue weighted by molar-refractivity contribution is 0.109. The minimum atomic E-state index is 0.685. The molecule has 2 N–H and O–H groups in total. The second-order valence-electron chi connectivity index (χ2n) is 4.24. The number of hydrogen-bond donors (Lipinski definition) is 1. The molecule has 0 fully saturated rings. The van der Waals surface area contributed by atoms with Gasteiger partial charge < -0.3 is 15.4 Å². The zero-order valence-electron chi connectivity index (χ0n) is 11.3. The van der Waals surface area contributed by atoms with Crippen LogP contribution in [0.2, 0.25) is 5.02 Å². The number of likely N-dealkylation sites (N-methyl/N-ethyl adjacent to an activating group) is 1. The number of hydrogen-bond acceptors (Lipinski definition) is 3. The van der Waals surface area contributed by atoms with Crippen LogP contribution >= 0.6 is 11.6 Å². The van der Waals surface area contributed by atoms with Gasteiger partial charge in [-0.15, -0.1) is 0 Å². The highest BCUT2D eigenvalue weighted by Gasteiger charge is 2.02. The van der Waals surface area contributed by atoms with Crippen LogP contribution < -0.4 is 5.73 Å². The molecule has 0 aliphatic heterocycles. The molecule has 0 spiro atoms. The van der Waals surface area contributed by atoms with Crippen LogP contribution in [-0.4, -0.2) is 37.7 Å². The van der Waals surface area contributed by atoms with Gasteiger partial charge in [0.25, 0.3) is 0 Å². The van der Waals surface area contributed by atoms with Crippen LogP contribution in [0, 0.1) is 0 Å². The zero-order chi connectivity index (χ0) is 13.4. The molecule has 0 atom stereocenters. The molecule has 0 aliphatic carbocycles. The molecule has 0 aliphatic rings. The van der Waals surface area contributed by atoms with E-state index in [9.17, 15) is 0 Å². The minimum Gasteiger partial charge on any atom is -0.399 e. The van der Waals surface area contributed by atoms with Crippen molar-refractivity contribution in [3.63, 3.8) is 0 Å². The number of nitrogens with zero attached hydrogens (tertiary/aromatic N) is 1. The summed E-state index contributed by atoms with van der Waals surface area (Å²) in [5, 5.41) is 0.761. The quantitative estimate of drug-likeness (QED) is 0.583. The fourth-order valence-electron chi connectivity index (χ4n) is 1.80. The summed E-state index contributed by atoms with van der Waals surface area (Å²) in [6, 6.07) is 5.56. The van der Waals surface area contributed by atoms with Crippen LogP contribution in [0.15, 0.2) is 18.2 Å². The highest BCUT2D eigenvalue weighted by atomic mass is 35.5. The van der Waals surface area contributed by atoms with Gasteiger partial charge in [-0.2, -0.15) is 0 Å². The monoisotopic (exact) mass is 270 g/mol. The van der Waals surface area contributed by atoms with Crippen molar-refractivity contribution >= 4 is 17.3 Å². The molecule has 18 heavy (non-hydrogen) atoms. The standard InChI is InChI=1S/C14H23ClN2O/c1-3-17(4-2)8-10-18-9-7-12-11-13(16)5-6-14(12)15/h5-6,11H,3-4,7-10,16H2,1-2H3. The Bertz CT molecular complexity index is 354. The molecule has 1 aromatic rings. The van der Waals surface area contributed by atoms with Gasteiger partial charge in [0.1, 0.15) is 0 Å². The van der Waals surface area contributed by atoms with Crippen LogP contribution in [0.3, 0.4) is 0 Å². The lowest BCUT2D eigenvalue weighted by Crippen LogP contribution is -2.27. The van der Waals surface area contributed by atoms with Crippen molar-refractivity contribution in [3.05, 3.63) is 28.8 Å². The number of anilines is 1. The van der Waals surface area contributed by atoms with E-state index in [1.54, 1.807) is 0 Å². The van der Waals surface area contributed by atoms with Crippen molar-refractivity contribution in [2.75, 3.05) is 38.6 Å². The van der Waals surface area contributed by atoms with Crippen LogP contribution in [0.25, 0.3) is 0 Å². The highest BCUT2D eigenvalue weighted by molar-refractivity contribution is 6.31. The van der Waals surface area contributed by atoms with Gasteiger partial charge in [0.05, 0.1) is 13.2 Å². The van der Waals surface area contributed by atoms with Gasteiger partial charge in [-0.3, -0.25) is 0 Å². The predicted octanol–water partition coefficient (Wildman–Crippen LogP) is 2.82. The van der Waals surface area contributed by atoms with Crippen LogP contribution in [0.4, 0.5) is 5.69 Å². The zero-order valence-corrected chi connectivity index (χ0v) is 12.0. The average molecular weight is 271 g/mol. The third-order valence-corrected chi connectivity index (χ3v) is 3.40. The number of rotatable bonds is 8. The summed E-state index contributed by atoms with van der Waals surface area (Å²) >= 11 is 6.09. The fourth-order valence-corrected chi connectivity index (χ4v) is 2.02. The summed E-state index contributed by atoms with van der Waals surface area (Å²) in [5.41, 5.74) is 7.53. The van der Waals surface area contributed by atoms with E-state index in [0.717, 1.165) is 48.9 Å². The Morgan fingerprint density at radius 2 is 1.94 bits per heavy atom. The normalized spacial score (nSPS) is 11.1. The Morgan fingerprint density at radius 3 is 2.61 bits per heavy atom. The molecule has 0 unspecified atom stereocenters. The van der Waals surface area contributed by atoms with Crippen LogP contribution in [-0.2, 0) is 11.2 Å². The van der Waals surface area contributed by atoms with E-state index in [0.29, 0.717) is 6.61 Å². The molecule has 3 nitrogen and oxygen atoms in total. The molecule has 0 bridgehead atoms. The number of halogens is 1. The molecule has 102 valence electrons. The predicted molar refractivity (Wildman–Crippen MR) is 78.2 cm³/mol. The molecule has 0 saturated heterocycles. The van der Waals surface area contributed by atoms with Gasteiger partial charge in [-0.1, -0.05) is 25.4 Å². The lowest BCUT2D eigenvalue weighted by atomic mass is 10.1. The Morgan fingerprint density at radius 1 is 1.22 bits per heavy atom. The summed E-state index contributed by atoms with van der Waals surface area (Å²) < 4.78 is 5.63. The number of nitrogens with two attached hydrogens (primary N) is 1. The first-order valence-corrected chi connectivity index (χ1v) is 6.89. The molecule has 1 rings (SSSR count). The Hall–Kier alpha value is -0.770. The van der Waals surface area contributed by atoms with Gasteiger partial charge in [-0.05, 0) is 43.3 Å². The summed E-state index contributed by atoms with van der Waals surface area (Å²) in [6.07, 6.45) is 0.808. The van der Waals surface area contributed by atoms with Crippen molar-refractivity contribution in [2.45, 2.75) is 20.3 Å². The molecule has 1 aromatic carbocycles. The van der Waals surface area contributed by atoms with E-state index in [-0.39, 0.29) is 0 Å². The molecule has 0 amide bonds. The highest BCUT2D eigenvalue weighted by Crippen LogP contribution is 2.19. The van der Waals surface area contributed by atoms with Crippen molar-refractivity contribution in [3.8, 4) is 0 Å². The fraction of sp³-hybridized carbons (Fsp3) is 0.571. The Kier molecular flexibility index (Phi) is 7.09. The molecule has 0 saturated carbocycles. The second-order valence-corrected chi connectivity index (χ2v) is 4.65. The first-order valence-electron chi connectivity index (χ1n) is 6.51. The van der Waals surface area contributed by atoms with Gasteiger partial charge in [0, 0.05) is 17.3 Å². The maximum atomic E-state index is 6.09. The van der Waals surface area contributed by atoms with Gasteiger partial charge in [-0.25, -0.2) is 0 Å². The van der Waals surface area contributed by atoms with E-state index in [1.807, 2.05) is 18.2 Å². The van der Waals surface area contributed by atoms with Gasteiger partial charge >= 0.3 is 0 Å². The first-order chi connectivity index (χ1) is 8.67. The van der Waals surface area contributed by atoms with E-state index >= 15 is 0 Å². The number of nitrogen functional groups attached to an aromatic ring is 1. The molecule has 4 heteroatoms. The van der Waals surface area contributed by atoms with E-state index in [1.165, 1.54) is 0 Å². The number of benzene rings is 1. The van der Waals surface area contributed by atoms with Crippen LogP contribution in [0.1, 0.15) is 19.4 Å². The summed E-state index contributed by atoms with van der Waals surface area (Å²) in [4.78, 5) is 2.34. The number of ether oxygens (including phenoxy) is 1. The van der Waals surface area contributed by atoms with E-state index in [4.69, 9.17) is 22.1 Å². The lowest BCUT2D eigenvalue weighted by Gasteiger charge is -2.17. The average Bonchev–Trinajstić information content (AvgIpc) is 2.38. The van der Waals surface area contributed by atoms with Crippen molar-refractivity contribution in [1.82, 2.24) is 4.90 Å². The van der Waals surface area contributed by atoms with Crippen molar-refractivity contribution in [2.24, 2.45) is 0 Å². The van der Waals surface area contributed by atoms with Gasteiger partial charge in [0.15, 0.2) is 0 Å². The SMILES string of the molecule is CCN(CC)CCOCCc1cc(N)ccc1Cl. The third kappa shape index (κ3) is 5.25. The van der Waals surface area contributed by atoms with Crippen molar-refractivity contribution < 1.29 is 4.74 Å². The maximum absolute atomic E-state index is 6.09. The summed E-state index contributed by atoms with van der Waals surface area (Å²) in [7, 11) is 0. The molecular weight excluding hydrogens is 248 g/mol. The molecular formula is C14H23ClN2O. The smallest absolute Gasteiger partial charge is 0.0593 e. The van der Waals surface area contributed by atoms with Crippen molar-refractivity contribution in [1.29, 1.82) is 0 Å². The molecule has 0 radical (unpaired) electrons. The van der Waals surface area contributed by atoms with Crippen LogP contribution in [0.5, 0.6) is 0 Å². The largest absolute Gasteiger partial charge is 0.399 e. The van der Waals surface area contributed by atoms with Gasteiger partial charge in [0.2, 0.25) is 0 Å². The molecule has 0 heterocycles. The Labute approximate surface area is 115 Å². The third-order valence-electron chi connectivity index (χ3n) is 3.03. The topological polar surface area (TPSA) is 38.5 Å². The first kappa shape index (κ1) is 15.3. The Balaban J connectivity index is 2.23. The summed E-state index contributed by atoms with van der Waals surface area (Å²) in [5.74, 6) is 0. The summed E-state index contributed by atoms with van der Waals surface area (Å²) in [6.45, 7) is 8.90. The second kappa shape index (κ2) is 8.35. The maximum Gasteiger partial charge on any atom is 0.0593 e. The minimum absolute atomic E-state index is 0.685. The molecule has 0 aromatic heterocycles. The van der Waals surface area contributed by atoms with E-state index in [2.05, 4.69) is 18.7 Å².